The molecule has 0 radical (unpaired) electrons. The Morgan fingerprint density at radius 2 is 1.65 bits per heavy atom. The fourth-order valence-electron chi connectivity index (χ4n) is 3.40. The van der Waals surface area contributed by atoms with E-state index in [0.717, 1.165) is 16.7 Å². The Hall–Kier alpha value is -2.59. The van der Waals surface area contributed by atoms with Gasteiger partial charge < -0.3 is 14.9 Å². The van der Waals surface area contributed by atoms with Crippen molar-refractivity contribution in [3.05, 3.63) is 70.8 Å². The van der Waals surface area contributed by atoms with Crippen LogP contribution >= 0.6 is 0 Å². The van der Waals surface area contributed by atoms with Crippen LogP contribution in [0.1, 0.15) is 60.3 Å². The third-order valence-electron chi connectivity index (χ3n) is 5.12. The Kier molecular flexibility index (Phi) is 4.20. The van der Waals surface area contributed by atoms with Gasteiger partial charge in [-0.2, -0.15) is 0 Å². The minimum absolute atomic E-state index is 0.115. The summed E-state index contributed by atoms with van der Waals surface area (Å²) in [5.41, 5.74) is 4.18. The summed E-state index contributed by atoms with van der Waals surface area (Å²) in [7, 11) is 0. The molecular weight excluding hydrogens is 328 g/mol. The van der Waals surface area contributed by atoms with Crippen molar-refractivity contribution in [3.8, 4) is 5.75 Å². The molecule has 0 amide bonds. The van der Waals surface area contributed by atoms with Crippen molar-refractivity contribution in [3.63, 3.8) is 0 Å². The van der Waals surface area contributed by atoms with E-state index in [-0.39, 0.29) is 22.3 Å². The van der Waals surface area contributed by atoms with Gasteiger partial charge in [0.05, 0.1) is 12.2 Å². The molecule has 2 N–H and O–H groups in total. The zero-order valence-corrected chi connectivity index (χ0v) is 15.6. The van der Waals surface area contributed by atoms with Crippen molar-refractivity contribution >= 4 is 11.5 Å². The van der Waals surface area contributed by atoms with Gasteiger partial charge in [-0.15, -0.1) is 0 Å². The lowest BCUT2D eigenvalue weighted by Crippen LogP contribution is -2.39. The van der Waals surface area contributed by atoms with E-state index in [9.17, 15) is 9.90 Å². The van der Waals surface area contributed by atoms with Gasteiger partial charge in [0.15, 0.2) is 0 Å². The highest BCUT2D eigenvalue weighted by molar-refractivity contribution is 5.92. The number of carboxylic acid groups (broad SMARTS) is 1. The molecule has 3 rings (SSSR count). The third-order valence-corrected chi connectivity index (χ3v) is 5.12. The van der Waals surface area contributed by atoms with E-state index in [1.807, 2.05) is 6.07 Å². The van der Waals surface area contributed by atoms with Gasteiger partial charge in [0.2, 0.25) is 0 Å². The average Bonchev–Trinajstić information content (AvgIpc) is 2.57. The molecule has 0 unspecified atom stereocenters. The summed E-state index contributed by atoms with van der Waals surface area (Å²) in [6.45, 7) is 13.2. The van der Waals surface area contributed by atoms with E-state index in [2.05, 4.69) is 46.4 Å². The van der Waals surface area contributed by atoms with Gasteiger partial charge in [0.25, 0.3) is 0 Å². The van der Waals surface area contributed by atoms with Crippen LogP contribution in [0, 0.1) is 0 Å². The third kappa shape index (κ3) is 3.01. The lowest BCUT2D eigenvalue weighted by Gasteiger charge is -2.42. The molecule has 2 aromatic carbocycles. The second kappa shape index (κ2) is 5.99. The summed E-state index contributed by atoms with van der Waals surface area (Å²) in [6, 6.07) is 10.7. The summed E-state index contributed by atoms with van der Waals surface area (Å²) in [5, 5.41) is 19.0. The van der Waals surface area contributed by atoms with Gasteiger partial charge in [-0.25, -0.2) is 4.79 Å². The molecule has 0 atom stereocenters. The molecule has 136 valence electrons. The summed E-state index contributed by atoms with van der Waals surface area (Å²) in [5.74, 6) is -1.42. The van der Waals surface area contributed by atoms with E-state index in [1.165, 1.54) is 17.7 Å². The number of ether oxygens (including phenoxy) is 1. The fraction of sp³-hybridized carbons (Fsp3) is 0.318. The number of benzene rings is 2. The highest BCUT2D eigenvalue weighted by Crippen LogP contribution is 2.42. The van der Waals surface area contributed by atoms with E-state index in [0.29, 0.717) is 12.2 Å². The SMILES string of the molecule is C=C(c1ccc(C(=O)O)c(O)c1)c1ccc2c(c1)C(C)(C)COC2(C)C. The number of hydrogen-bond acceptors (Lipinski definition) is 3. The van der Waals surface area contributed by atoms with Crippen molar-refractivity contribution in [2.75, 3.05) is 6.61 Å². The predicted octanol–water partition coefficient (Wildman–Crippen LogP) is 4.69. The van der Waals surface area contributed by atoms with E-state index < -0.39 is 5.97 Å². The zero-order chi connectivity index (χ0) is 19.3. The topological polar surface area (TPSA) is 66.8 Å². The standard InChI is InChI=1S/C22H24O4/c1-13(15-6-8-16(20(24)25)19(23)11-15)14-7-9-17-18(10-14)21(2,3)12-26-22(17,4)5/h6-11,23H,1,12H2,2-5H3,(H,24,25). The number of aromatic carboxylic acids is 1. The smallest absolute Gasteiger partial charge is 0.339 e. The molecule has 4 heteroatoms. The maximum atomic E-state index is 11.1. The summed E-state index contributed by atoms with van der Waals surface area (Å²) in [4.78, 5) is 11.1. The molecular formula is C22H24O4. The van der Waals surface area contributed by atoms with Gasteiger partial charge in [0.1, 0.15) is 11.3 Å². The van der Waals surface area contributed by atoms with E-state index in [4.69, 9.17) is 9.84 Å². The van der Waals surface area contributed by atoms with Crippen molar-refractivity contribution in [2.45, 2.75) is 38.7 Å². The van der Waals surface area contributed by atoms with Crippen LogP contribution in [0.25, 0.3) is 5.57 Å². The van der Waals surface area contributed by atoms with Gasteiger partial charge in [0, 0.05) is 5.41 Å². The first-order valence-electron chi connectivity index (χ1n) is 8.58. The Morgan fingerprint density at radius 3 is 2.27 bits per heavy atom. The Balaban J connectivity index is 2.04. The van der Waals surface area contributed by atoms with Crippen molar-refractivity contribution < 1.29 is 19.7 Å². The molecule has 1 aliphatic rings. The molecule has 0 aromatic heterocycles. The Labute approximate surface area is 153 Å². The number of rotatable bonds is 3. The molecule has 0 fully saturated rings. The number of carboxylic acids is 1. The molecule has 0 bridgehead atoms. The van der Waals surface area contributed by atoms with Crippen LogP contribution in [0.3, 0.4) is 0 Å². The molecule has 0 spiro atoms. The minimum Gasteiger partial charge on any atom is -0.507 e. The molecule has 0 saturated carbocycles. The first-order chi connectivity index (χ1) is 12.0. The molecule has 1 aliphatic heterocycles. The summed E-state index contributed by atoms with van der Waals surface area (Å²) in [6.07, 6.45) is 0. The number of aromatic hydroxyl groups is 1. The summed E-state index contributed by atoms with van der Waals surface area (Å²) >= 11 is 0. The van der Waals surface area contributed by atoms with Crippen LogP contribution in [0.2, 0.25) is 0 Å². The quantitative estimate of drug-likeness (QED) is 0.840. The first kappa shape index (κ1) is 18.2. The highest BCUT2D eigenvalue weighted by Gasteiger charge is 2.38. The lowest BCUT2D eigenvalue weighted by atomic mass is 9.74. The first-order valence-corrected chi connectivity index (χ1v) is 8.58. The normalized spacial score (nSPS) is 17.4. The molecule has 0 saturated heterocycles. The Morgan fingerprint density at radius 1 is 1.04 bits per heavy atom. The van der Waals surface area contributed by atoms with Gasteiger partial charge >= 0.3 is 5.97 Å². The molecule has 26 heavy (non-hydrogen) atoms. The average molecular weight is 352 g/mol. The van der Waals surface area contributed by atoms with Gasteiger partial charge in [-0.3, -0.25) is 0 Å². The van der Waals surface area contributed by atoms with Crippen LogP contribution in [0.5, 0.6) is 5.75 Å². The van der Waals surface area contributed by atoms with Gasteiger partial charge in [-0.05, 0) is 53.8 Å². The second-order valence-corrected chi connectivity index (χ2v) is 7.96. The van der Waals surface area contributed by atoms with Crippen molar-refractivity contribution in [1.82, 2.24) is 0 Å². The number of phenols is 1. The fourth-order valence-corrected chi connectivity index (χ4v) is 3.40. The lowest BCUT2D eigenvalue weighted by molar-refractivity contribution is -0.0587. The monoisotopic (exact) mass is 352 g/mol. The second-order valence-electron chi connectivity index (χ2n) is 7.96. The molecule has 1 heterocycles. The highest BCUT2D eigenvalue weighted by atomic mass is 16.5. The van der Waals surface area contributed by atoms with Gasteiger partial charge in [-0.1, -0.05) is 44.7 Å². The zero-order valence-electron chi connectivity index (χ0n) is 15.6. The van der Waals surface area contributed by atoms with Crippen LogP contribution in [-0.2, 0) is 15.8 Å². The van der Waals surface area contributed by atoms with Crippen LogP contribution in [0.4, 0.5) is 0 Å². The largest absolute Gasteiger partial charge is 0.507 e. The molecule has 0 aliphatic carbocycles. The van der Waals surface area contributed by atoms with Crippen molar-refractivity contribution in [2.24, 2.45) is 0 Å². The van der Waals surface area contributed by atoms with E-state index in [1.54, 1.807) is 6.07 Å². The predicted molar refractivity (Wildman–Crippen MR) is 102 cm³/mol. The summed E-state index contributed by atoms with van der Waals surface area (Å²) < 4.78 is 6.03. The minimum atomic E-state index is -1.16. The molecule has 4 nitrogen and oxygen atoms in total. The maximum Gasteiger partial charge on any atom is 0.339 e. The number of fused-ring (bicyclic) bond motifs is 1. The van der Waals surface area contributed by atoms with Crippen molar-refractivity contribution in [1.29, 1.82) is 0 Å². The van der Waals surface area contributed by atoms with Crippen LogP contribution < -0.4 is 0 Å². The molecule has 2 aromatic rings. The van der Waals surface area contributed by atoms with E-state index >= 15 is 0 Å². The van der Waals surface area contributed by atoms with Crippen LogP contribution in [0.15, 0.2) is 43.0 Å². The number of carbonyl (C=O) groups is 1. The maximum absolute atomic E-state index is 11.1. The number of hydrogen-bond donors (Lipinski definition) is 2. The Bertz CT molecular complexity index is 906. The van der Waals surface area contributed by atoms with Crippen LogP contribution in [-0.4, -0.2) is 22.8 Å².